The molecule has 0 heterocycles. The van der Waals surface area contributed by atoms with Crippen LogP contribution in [0, 0.1) is 17.1 Å². The summed E-state index contributed by atoms with van der Waals surface area (Å²) in [6.07, 6.45) is -4.90. The highest BCUT2D eigenvalue weighted by molar-refractivity contribution is 9.10. The third kappa shape index (κ3) is 3.09. The summed E-state index contributed by atoms with van der Waals surface area (Å²) in [7, 11) is 0. The molecule has 0 bridgehead atoms. The number of benzene rings is 1. The Hall–Kier alpha value is -1.29. The van der Waals surface area contributed by atoms with Crippen LogP contribution in [0.4, 0.5) is 17.6 Å². The van der Waals surface area contributed by atoms with Gasteiger partial charge in [-0.1, -0.05) is 0 Å². The van der Waals surface area contributed by atoms with E-state index in [1.54, 1.807) is 0 Å². The highest BCUT2D eigenvalue weighted by atomic mass is 79.9. The van der Waals surface area contributed by atoms with Gasteiger partial charge in [-0.2, -0.15) is 5.26 Å². The molecule has 0 spiro atoms. The number of alkyl halides is 3. The van der Waals surface area contributed by atoms with Crippen molar-refractivity contribution in [1.29, 1.82) is 5.26 Å². The number of nitrogens with zero attached hydrogens (tertiary/aromatic N) is 1. The van der Waals surface area contributed by atoms with Gasteiger partial charge in [0.1, 0.15) is 17.6 Å². The summed E-state index contributed by atoms with van der Waals surface area (Å²) in [5.41, 5.74) is -0.364. The molecule has 0 aliphatic heterocycles. The van der Waals surface area contributed by atoms with Gasteiger partial charge in [0.2, 0.25) is 0 Å². The van der Waals surface area contributed by atoms with Crippen LogP contribution >= 0.6 is 15.9 Å². The van der Waals surface area contributed by atoms with E-state index in [-0.39, 0.29) is 10.0 Å². The van der Waals surface area contributed by atoms with Crippen LogP contribution in [0.1, 0.15) is 5.56 Å². The Balaban J connectivity index is 3.13. The summed E-state index contributed by atoms with van der Waals surface area (Å²) >= 11 is 2.73. The average molecular weight is 284 g/mol. The largest absolute Gasteiger partial charge is 0.573 e. The first kappa shape index (κ1) is 11.8. The van der Waals surface area contributed by atoms with Crippen LogP contribution in [0.5, 0.6) is 5.75 Å². The standard InChI is InChI=1S/C8H2BrF4NO/c9-5-1-4(3-14)6(10)2-7(5)15-8(11,12)13/h1-2H. The van der Waals surface area contributed by atoms with Crippen LogP contribution in [0.25, 0.3) is 0 Å². The van der Waals surface area contributed by atoms with Gasteiger partial charge in [-0.15, -0.1) is 13.2 Å². The lowest BCUT2D eigenvalue weighted by atomic mass is 10.2. The minimum absolute atomic E-state index is 0.141. The van der Waals surface area contributed by atoms with Gasteiger partial charge < -0.3 is 4.74 Å². The molecule has 0 radical (unpaired) electrons. The number of hydrogen-bond acceptors (Lipinski definition) is 2. The zero-order valence-electron chi connectivity index (χ0n) is 6.90. The first-order chi connectivity index (χ1) is 6.83. The first-order valence-electron chi connectivity index (χ1n) is 3.48. The van der Waals surface area contributed by atoms with Gasteiger partial charge in [0.25, 0.3) is 0 Å². The van der Waals surface area contributed by atoms with Crippen molar-refractivity contribution in [3.63, 3.8) is 0 Å². The zero-order chi connectivity index (χ0) is 11.6. The van der Waals surface area contributed by atoms with E-state index < -0.39 is 17.9 Å². The van der Waals surface area contributed by atoms with Crippen molar-refractivity contribution in [2.45, 2.75) is 6.36 Å². The second-order valence-electron chi connectivity index (χ2n) is 2.42. The Morgan fingerprint density at radius 2 is 1.93 bits per heavy atom. The number of nitriles is 1. The maximum atomic E-state index is 12.9. The fourth-order valence-electron chi connectivity index (χ4n) is 0.817. The van der Waals surface area contributed by atoms with Gasteiger partial charge in [0.15, 0.2) is 0 Å². The smallest absolute Gasteiger partial charge is 0.404 e. The molecule has 0 fully saturated rings. The maximum absolute atomic E-state index is 12.9. The molecule has 0 saturated heterocycles. The van der Waals surface area contributed by atoms with Crippen LogP contribution in [-0.4, -0.2) is 6.36 Å². The normalized spacial score (nSPS) is 10.9. The summed E-state index contributed by atoms with van der Waals surface area (Å²) in [6.45, 7) is 0. The molecule has 1 aromatic carbocycles. The lowest BCUT2D eigenvalue weighted by molar-refractivity contribution is -0.275. The van der Waals surface area contributed by atoms with Crippen LogP contribution in [0.2, 0.25) is 0 Å². The Kier molecular flexibility index (Phi) is 3.19. The summed E-state index contributed by atoms with van der Waals surface area (Å²) in [6, 6.07) is 2.89. The minimum atomic E-state index is -4.90. The maximum Gasteiger partial charge on any atom is 0.573 e. The van der Waals surface area contributed by atoms with Crippen molar-refractivity contribution in [1.82, 2.24) is 0 Å². The van der Waals surface area contributed by atoms with E-state index in [4.69, 9.17) is 5.26 Å². The summed E-state index contributed by atoms with van der Waals surface area (Å²) in [5, 5.41) is 8.39. The molecule has 2 nitrogen and oxygen atoms in total. The fraction of sp³-hybridized carbons (Fsp3) is 0.125. The molecule has 1 rings (SSSR count). The molecular formula is C8H2BrF4NO. The van der Waals surface area contributed by atoms with E-state index in [9.17, 15) is 17.6 Å². The summed E-state index contributed by atoms with van der Waals surface area (Å²) in [5.74, 6) is -1.79. The van der Waals surface area contributed by atoms with E-state index in [0.717, 1.165) is 6.07 Å². The highest BCUT2D eigenvalue weighted by Crippen LogP contribution is 2.32. The molecule has 0 N–H and O–H groups in total. The quantitative estimate of drug-likeness (QED) is 0.741. The number of ether oxygens (including phenoxy) is 1. The van der Waals surface area contributed by atoms with E-state index in [1.165, 1.54) is 6.07 Å². The topological polar surface area (TPSA) is 33.0 Å². The van der Waals surface area contributed by atoms with Gasteiger partial charge in [-0.25, -0.2) is 4.39 Å². The predicted octanol–water partition coefficient (Wildman–Crippen LogP) is 3.36. The van der Waals surface area contributed by atoms with Crippen molar-refractivity contribution in [2.75, 3.05) is 0 Å². The van der Waals surface area contributed by atoms with Crippen molar-refractivity contribution in [2.24, 2.45) is 0 Å². The molecule has 0 saturated carbocycles. The molecular weight excluding hydrogens is 282 g/mol. The molecule has 7 heteroatoms. The highest BCUT2D eigenvalue weighted by Gasteiger charge is 2.32. The Morgan fingerprint density at radius 1 is 1.33 bits per heavy atom. The number of hydrogen-bond donors (Lipinski definition) is 0. The molecule has 0 atom stereocenters. The monoisotopic (exact) mass is 283 g/mol. The Bertz CT molecular complexity index is 424. The molecule has 15 heavy (non-hydrogen) atoms. The van der Waals surface area contributed by atoms with E-state index in [1.807, 2.05) is 0 Å². The van der Waals surface area contributed by atoms with Crippen molar-refractivity contribution >= 4 is 15.9 Å². The zero-order valence-corrected chi connectivity index (χ0v) is 8.49. The molecule has 1 aromatic rings. The molecule has 0 aliphatic carbocycles. The molecule has 80 valence electrons. The molecule has 0 aliphatic rings. The average Bonchev–Trinajstić information content (AvgIpc) is 2.08. The number of rotatable bonds is 1. The van der Waals surface area contributed by atoms with Gasteiger partial charge in [0, 0.05) is 6.07 Å². The third-order valence-electron chi connectivity index (χ3n) is 1.37. The number of halogens is 5. The van der Waals surface area contributed by atoms with Crippen molar-refractivity contribution in [3.05, 3.63) is 28.0 Å². The first-order valence-corrected chi connectivity index (χ1v) is 4.27. The second-order valence-corrected chi connectivity index (χ2v) is 3.28. The summed E-state index contributed by atoms with van der Waals surface area (Å²) in [4.78, 5) is 0. The fourth-order valence-corrected chi connectivity index (χ4v) is 1.24. The third-order valence-corrected chi connectivity index (χ3v) is 1.99. The van der Waals surface area contributed by atoms with Gasteiger partial charge >= 0.3 is 6.36 Å². The van der Waals surface area contributed by atoms with Crippen molar-refractivity contribution in [3.8, 4) is 11.8 Å². The predicted molar refractivity (Wildman–Crippen MR) is 45.5 cm³/mol. The summed E-state index contributed by atoms with van der Waals surface area (Å²) < 4.78 is 51.7. The van der Waals surface area contributed by atoms with E-state index in [2.05, 4.69) is 20.7 Å². The van der Waals surface area contributed by atoms with E-state index in [0.29, 0.717) is 6.07 Å². The lowest BCUT2D eigenvalue weighted by Crippen LogP contribution is -2.17. The van der Waals surface area contributed by atoms with Crippen LogP contribution in [0.3, 0.4) is 0 Å². The Labute approximate surface area is 90.2 Å². The van der Waals surface area contributed by atoms with Crippen LogP contribution in [0.15, 0.2) is 16.6 Å². The van der Waals surface area contributed by atoms with E-state index >= 15 is 0 Å². The lowest BCUT2D eigenvalue weighted by Gasteiger charge is -2.10. The molecule has 0 aromatic heterocycles. The SMILES string of the molecule is N#Cc1cc(Br)c(OC(F)(F)F)cc1F. The Morgan fingerprint density at radius 3 is 2.40 bits per heavy atom. The minimum Gasteiger partial charge on any atom is -0.404 e. The van der Waals surface area contributed by atoms with Gasteiger partial charge in [0.05, 0.1) is 10.0 Å². The molecule has 0 unspecified atom stereocenters. The van der Waals surface area contributed by atoms with Crippen LogP contribution < -0.4 is 4.74 Å². The van der Waals surface area contributed by atoms with Gasteiger partial charge in [-0.05, 0) is 22.0 Å². The van der Waals surface area contributed by atoms with Crippen molar-refractivity contribution < 1.29 is 22.3 Å². The van der Waals surface area contributed by atoms with Gasteiger partial charge in [-0.3, -0.25) is 0 Å². The molecule has 0 amide bonds. The van der Waals surface area contributed by atoms with Crippen LogP contribution in [-0.2, 0) is 0 Å². The second kappa shape index (κ2) is 4.06.